The Hall–Kier alpha value is -3.11. The van der Waals surface area contributed by atoms with Gasteiger partial charge in [-0.05, 0) is 72.8 Å². The van der Waals surface area contributed by atoms with E-state index in [-0.39, 0.29) is 22.1 Å². The number of amides is 2. The SMILES string of the molecule is COc1cc(S(=O)(=O)Cc2ccc3c(c2)CCNC3)ccc1NC(=O)N(O)C(C)c1cccc(Cl)c1C. The Balaban J connectivity index is 1.50. The van der Waals surface area contributed by atoms with Gasteiger partial charge in [-0.3, -0.25) is 5.21 Å². The van der Waals surface area contributed by atoms with Crippen LogP contribution in [0.5, 0.6) is 5.75 Å². The van der Waals surface area contributed by atoms with Gasteiger partial charge in [-0.25, -0.2) is 13.2 Å². The van der Waals surface area contributed by atoms with Gasteiger partial charge in [-0.15, -0.1) is 0 Å². The third-order valence-electron chi connectivity index (χ3n) is 6.62. The van der Waals surface area contributed by atoms with E-state index < -0.39 is 21.9 Å². The number of sulfone groups is 1. The fourth-order valence-corrected chi connectivity index (χ4v) is 5.98. The Morgan fingerprint density at radius 3 is 2.73 bits per heavy atom. The molecule has 0 bridgehead atoms. The van der Waals surface area contributed by atoms with E-state index in [1.807, 2.05) is 25.1 Å². The van der Waals surface area contributed by atoms with Gasteiger partial charge in [0.25, 0.3) is 0 Å². The van der Waals surface area contributed by atoms with Crippen LogP contribution in [0.2, 0.25) is 5.02 Å². The van der Waals surface area contributed by atoms with E-state index in [2.05, 4.69) is 10.6 Å². The molecule has 1 unspecified atom stereocenters. The highest BCUT2D eigenvalue weighted by molar-refractivity contribution is 7.90. The highest BCUT2D eigenvalue weighted by atomic mass is 35.5. The fourth-order valence-electron chi connectivity index (χ4n) is 4.45. The first-order chi connectivity index (χ1) is 17.6. The summed E-state index contributed by atoms with van der Waals surface area (Å²) in [4.78, 5) is 12.9. The van der Waals surface area contributed by atoms with Gasteiger partial charge in [0.05, 0.1) is 29.5 Å². The molecule has 8 nitrogen and oxygen atoms in total. The summed E-state index contributed by atoms with van der Waals surface area (Å²) in [5, 5.41) is 17.5. The van der Waals surface area contributed by atoms with E-state index in [1.54, 1.807) is 25.1 Å². The number of halogens is 1. The lowest BCUT2D eigenvalue weighted by atomic mass is 9.99. The Bertz CT molecular complexity index is 1430. The first-order valence-corrected chi connectivity index (χ1v) is 13.9. The molecule has 0 aromatic heterocycles. The second-order valence-electron chi connectivity index (χ2n) is 9.06. The van der Waals surface area contributed by atoms with E-state index in [4.69, 9.17) is 16.3 Å². The van der Waals surface area contributed by atoms with Crippen molar-refractivity contribution in [3.63, 3.8) is 0 Å². The number of ether oxygens (including phenoxy) is 1. The van der Waals surface area contributed by atoms with E-state index in [0.29, 0.717) is 15.6 Å². The van der Waals surface area contributed by atoms with Crippen molar-refractivity contribution in [2.45, 2.75) is 43.5 Å². The summed E-state index contributed by atoms with van der Waals surface area (Å²) in [7, 11) is -2.29. The zero-order chi connectivity index (χ0) is 26.7. The summed E-state index contributed by atoms with van der Waals surface area (Å²) in [5.41, 5.74) is 4.74. The number of anilines is 1. The van der Waals surface area contributed by atoms with Crippen LogP contribution >= 0.6 is 11.6 Å². The normalized spacial score (nSPS) is 14.0. The molecule has 3 aromatic carbocycles. The third kappa shape index (κ3) is 5.91. The van der Waals surface area contributed by atoms with E-state index in [9.17, 15) is 18.4 Å². The number of methoxy groups -OCH3 is 1. The Morgan fingerprint density at radius 2 is 1.97 bits per heavy atom. The van der Waals surface area contributed by atoms with Crippen molar-refractivity contribution in [3.05, 3.63) is 87.4 Å². The number of rotatable bonds is 7. The van der Waals surface area contributed by atoms with Crippen molar-refractivity contribution in [1.29, 1.82) is 0 Å². The zero-order valence-electron chi connectivity index (χ0n) is 20.9. The molecule has 1 heterocycles. The van der Waals surface area contributed by atoms with Crippen LogP contribution in [0.1, 0.15) is 40.8 Å². The predicted octanol–water partition coefficient (Wildman–Crippen LogP) is 5.26. The molecule has 0 fully saturated rings. The van der Waals surface area contributed by atoms with E-state index in [1.165, 1.54) is 30.9 Å². The van der Waals surface area contributed by atoms with Crippen LogP contribution in [-0.2, 0) is 28.6 Å². The van der Waals surface area contributed by atoms with Crippen LogP contribution in [0.25, 0.3) is 0 Å². The maximum absolute atomic E-state index is 13.2. The molecule has 1 atom stereocenters. The van der Waals surface area contributed by atoms with Crippen LogP contribution in [0.15, 0.2) is 59.5 Å². The van der Waals surface area contributed by atoms with Gasteiger partial charge in [0.1, 0.15) is 5.75 Å². The van der Waals surface area contributed by atoms with Crippen molar-refractivity contribution >= 4 is 33.2 Å². The number of urea groups is 1. The van der Waals surface area contributed by atoms with Crippen LogP contribution in [0.4, 0.5) is 10.5 Å². The van der Waals surface area contributed by atoms with Crippen molar-refractivity contribution in [2.75, 3.05) is 19.0 Å². The first-order valence-electron chi connectivity index (χ1n) is 11.9. The molecule has 196 valence electrons. The monoisotopic (exact) mass is 543 g/mol. The highest BCUT2D eigenvalue weighted by Gasteiger charge is 2.24. The molecule has 4 rings (SSSR count). The predicted molar refractivity (Wildman–Crippen MR) is 143 cm³/mol. The first kappa shape index (κ1) is 26.9. The molecule has 0 saturated heterocycles. The largest absolute Gasteiger partial charge is 0.495 e. The summed E-state index contributed by atoms with van der Waals surface area (Å²) in [6, 6.07) is 13.8. The van der Waals surface area contributed by atoms with Crippen molar-refractivity contribution in [2.24, 2.45) is 0 Å². The number of hydrogen-bond acceptors (Lipinski definition) is 6. The Morgan fingerprint density at radius 1 is 1.19 bits per heavy atom. The van der Waals surface area contributed by atoms with Crippen molar-refractivity contribution in [1.82, 2.24) is 10.4 Å². The maximum atomic E-state index is 13.2. The van der Waals surface area contributed by atoms with Crippen molar-refractivity contribution < 1.29 is 23.2 Å². The van der Waals surface area contributed by atoms with Crippen LogP contribution in [0.3, 0.4) is 0 Å². The van der Waals surface area contributed by atoms with Crippen LogP contribution < -0.4 is 15.4 Å². The fraction of sp³-hybridized carbons (Fsp3) is 0.296. The number of carbonyl (C=O) groups excluding carboxylic acids is 1. The lowest BCUT2D eigenvalue weighted by molar-refractivity contribution is -0.0692. The van der Waals surface area contributed by atoms with Gasteiger partial charge < -0.3 is 15.4 Å². The maximum Gasteiger partial charge on any atom is 0.346 e. The van der Waals surface area contributed by atoms with Gasteiger partial charge in [-0.2, -0.15) is 5.06 Å². The van der Waals surface area contributed by atoms with Gasteiger partial charge in [0.15, 0.2) is 9.84 Å². The number of hydroxylamine groups is 2. The van der Waals surface area contributed by atoms with Gasteiger partial charge in [-0.1, -0.05) is 41.9 Å². The lowest BCUT2D eigenvalue weighted by Gasteiger charge is -2.25. The molecule has 3 N–H and O–H groups in total. The lowest BCUT2D eigenvalue weighted by Crippen LogP contribution is -2.34. The number of carbonyl (C=O) groups is 1. The average molecular weight is 544 g/mol. The van der Waals surface area contributed by atoms with Gasteiger partial charge in [0.2, 0.25) is 0 Å². The standard InChI is InChI=1S/C27H30ClN3O5S/c1-17-23(5-4-6-24(17)28)18(2)31(33)27(32)30-25-10-9-22(14-26(25)36-3)37(34,35)16-19-7-8-21-15-29-12-11-20(21)13-19/h4-10,13-14,18,29,33H,11-12,15-16H2,1-3H3,(H,30,32). The molecule has 37 heavy (non-hydrogen) atoms. The zero-order valence-corrected chi connectivity index (χ0v) is 22.5. The summed E-state index contributed by atoms with van der Waals surface area (Å²) < 4.78 is 31.7. The third-order valence-corrected chi connectivity index (χ3v) is 8.72. The van der Waals surface area contributed by atoms with Gasteiger partial charge >= 0.3 is 6.03 Å². The quantitative estimate of drug-likeness (QED) is 0.277. The smallest absolute Gasteiger partial charge is 0.346 e. The molecule has 0 spiro atoms. The molecule has 0 radical (unpaired) electrons. The number of fused-ring (bicyclic) bond motifs is 1. The number of benzene rings is 3. The van der Waals surface area contributed by atoms with Crippen LogP contribution in [-0.4, -0.2) is 38.4 Å². The Labute approximate surface area is 222 Å². The number of nitrogens with zero attached hydrogens (tertiary/aromatic N) is 1. The summed E-state index contributed by atoms with van der Waals surface area (Å²) in [6.45, 7) is 5.14. The minimum absolute atomic E-state index is 0.0745. The minimum atomic E-state index is -3.67. The second kappa shape index (κ2) is 11.1. The Kier molecular flexibility index (Phi) is 8.08. The molecule has 10 heteroatoms. The van der Waals surface area contributed by atoms with E-state index >= 15 is 0 Å². The van der Waals surface area contributed by atoms with Crippen molar-refractivity contribution in [3.8, 4) is 5.75 Å². The molecule has 0 saturated carbocycles. The molecule has 0 aliphatic carbocycles. The molecular weight excluding hydrogens is 514 g/mol. The highest BCUT2D eigenvalue weighted by Crippen LogP contribution is 2.31. The van der Waals surface area contributed by atoms with Crippen LogP contribution in [0, 0.1) is 6.92 Å². The summed E-state index contributed by atoms with van der Waals surface area (Å²) >= 11 is 6.18. The number of hydrogen-bond donors (Lipinski definition) is 3. The molecule has 1 aliphatic rings. The molecule has 3 aromatic rings. The molecule has 1 aliphatic heterocycles. The molecule has 2 amide bonds. The summed E-state index contributed by atoms with van der Waals surface area (Å²) in [5.74, 6) is 0.00895. The topological polar surface area (TPSA) is 108 Å². The van der Waals surface area contributed by atoms with E-state index in [0.717, 1.165) is 36.2 Å². The molecular formula is C27H30ClN3O5S. The summed E-state index contributed by atoms with van der Waals surface area (Å²) in [6.07, 6.45) is 0.864. The second-order valence-corrected chi connectivity index (χ2v) is 11.5. The van der Waals surface area contributed by atoms with Gasteiger partial charge in [0, 0.05) is 17.6 Å². The number of nitrogens with one attached hydrogen (secondary N) is 2. The minimum Gasteiger partial charge on any atom is -0.495 e. The average Bonchev–Trinajstić information content (AvgIpc) is 2.89.